The van der Waals surface area contributed by atoms with E-state index in [1.165, 1.54) is 4.90 Å². The van der Waals surface area contributed by atoms with Gasteiger partial charge in [0, 0.05) is 5.02 Å². The third-order valence-corrected chi connectivity index (χ3v) is 4.04. The monoisotopic (exact) mass is 350 g/mol. The molecule has 0 aliphatic heterocycles. The summed E-state index contributed by atoms with van der Waals surface area (Å²) in [7, 11) is 6.01. The van der Waals surface area contributed by atoms with Crippen LogP contribution in [0.2, 0.25) is 5.02 Å². The van der Waals surface area contributed by atoms with Gasteiger partial charge in [0.15, 0.2) is 11.5 Å². The number of benzene rings is 2. The fourth-order valence-electron chi connectivity index (χ4n) is 2.43. The maximum absolute atomic E-state index is 6.07. The summed E-state index contributed by atoms with van der Waals surface area (Å²) in [6.07, 6.45) is 0. The van der Waals surface area contributed by atoms with E-state index in [1.807, 2.05) is 36.4 Å². The van der Waals surface area contributed by atoms with Crippen molar-refractivity contribution in [1.82, 2.24) is 0 Å². The van der Waals surface area contributed by atoms with E-state index in [9.17, 15) is 0 Å². The fourth-order valence-corrected chi connectivity index (χ4v) is 2.56. The largest absolute Gasteiger partial charge is 0.493 e. The Morgan fingerprint density at radius 3 is 2.50 bits per heavy atom. The second kappa shape index (κ2) is 9.52. The predicted octanol–water partition coefficient (Wildman–Crippen LogP) is 1.14. The van der Waals surface area contributed by atoms with Crippen molar-refractivity contribution in [3.63, 3.8) is 0 Å². The highest BCUT2D eigenvalue weighted by molar-refractivity contribution is 6.30. The van der Waals surface area contributed by atoms with Crippen molar-refractivity contribution in [1.29, 1.82) is 0 Å². The summed E-state index contributed by atoms with van der Waals surface area (Å²) >= 11 is 5.93. The van der Waals surface area contributed by atoms with Gasteiger partial charge in [-0.05, 0) is 29.8 Å². The van der Waals surface area contributed by atoms with Gasteiger partial charge in [-0.25, -0.2) is 0 Å². The molecule has 0 radical (unpaired) electrons. The number of ether oxygens (including phenoxy) is 2. The number of nitrogens with one attached hydrogen (secondary N) is 1. The van der Waals surface area contributed by atoms with Crippen LogP contribution in [-0.2, 0) is 13.2 Å². The zero-order chi connectivity index (χ0) is 17.4. The summed E-state index contributed by atoms with van der Waals surface area (Å²) in [6, 6.07) is 13.7. The average Bonchev–Trinajstić information content (AvgIpc) is 2.58. The lowest BCUT2D eigenvalue weighted by Crippen LogP contribution is -3.09. The Bertz CT molecular complexity index is 630. The smallest absolute Gasteiger partial charge is 0.170 e. The summed E-state index contributed by atoms with van der Waals surface area (Å²) in [5, 5.41) is 3.03. The van der Waals surface area contributed by atoms with Gasteiger partial charge >= 0.3 is 0 Å². The molecular weight excluding hydrogens is 324 g/mol. The minimum Gasteiger partial charge on any atom is -0.493 e. The predicted molar refractivity (Wildman–Crippen MR) is 97.0 cm³/mol. The molecule has 0 unspecified atom stereocenters. The van der Waals surface area contributed by atoms with Crippen LogP contribution in [0.3, 0.4) is 0 Å². The Hall–Kier alpha value is -1.75. The van der Waals surface area contributed by atoms with Gasteiger partial charge in [-0.1, -0.05) is 29.8 Å². The average molecular weight is 351 g/mol. The first-order valence-electron chi connectivity index (χ1n) is 8.24. The van der Waals surface area contributed by atoms with Crippen LogP contribution in [0.25, 0.3) is 0 Å². The third kappa shape index (κ3) is 5.71. The number of hydrogen-bond donors (Lipinski definition) is 2. The molecule has 0 saturated carbocycles. The summed E-state index contributed by atoms with van der Waals surface area (Å²) in [5.74, 6) is 1.59. The van der Waals surface area contributed by atoms with E-state index >= 15 is 0 Å². The zero-order valence-electron chi connectivity index (χ0n) is 14.6. The number of methoxy groups -OCH3 is 1. The van der Waals surface area contributed by atoms with Crippen molar-refractivity contribution in [2.45, 2.75) is 13.2 Å². The molecule has 0 saturated heterocycles. The minimum atomic E-state index is 0.492. The number of para-hydroxylation sites is 1. The number of nitrogens with two attached hydrogens (primary N) is 1. The molecule has 2 rings (SSSR count). The topological polar surface area (TPSA) is 39.5 Å². The lowest BCUT2D eigenvalue weighted by molar-refractivity contribution is -0.875. The van der Waals surface area contributed by atoms with Crippen LogP contribution in [0.1, 0.15) is 11.1 Å². The van der Waals surface area contributed by atoms with Gasteiger partial charge in [-0.15, -0.1) is 0 Å². The van der Waals surface area contributed by atoms with Crippen LogP contribution < -0.4 is 19.7 Å². The van der Waals surface area contributed by atoms with Gasteiger partial charge in [0.05, 0.1) is 26.8 Å². The van der Waals surface area contributed by atoms with Crippen molar-refractivity contribution < 1.29 is 19.7 Å². The molecular formula is C19H27ClN2O2+2. The maximum Gasteiger partial charge on any atom is 0.170 e. The van der Waals surface area contributed by atoms with Gasteiger partial charge in [0.2, 0.25) is 0 Å². The van der Waals surface area contributed by atoms with Gasteiger partial charge in [-0.2, -0.15) is 0 Å². The van der Waals surface area contributed by atoms with E-state index in [0.29, 0.717) is 6.61 Å². The number of halogens is 1. The van der Waals surface area contributed by atoms with Crippen LogP contribution in [-0.4, -0.2) is 34.3 Å². The number of hydrogen-bond acceptors (Lipinski definition) is 2. The zero-order valence-corrected chi connectivity index (χ0v) is 15.4. The summed E-state index contributed by atoms with van der Waals surface area (Å²) in [5.41, 5.74) is 2.23. The van der Waals surface area contributed by atoms with E-state index in [-0.39, 0.29) is 0 Å². The Labute approximate surface area is 149 Å². The van der Waals surface area contributed by atoms with Crippen molar-refractivity contribution in [2.24, 2.45) is 0 Å². The molecule has 0 aliphatic rings. The van der Waals surface area contributed by atoms with Gasteiger partial charge < -0.3 is 19.7 Å². The van der Waals surface area contributed by atoms with Gasteiger partial charge in [0.25, 0.3) is 0 Å². The van der Waals surface area contributed by atoms with Crippen molar-refractivity contribution in [3.05, 3.63) is 58.6 Å². The first-order chi connectivity index (χ1) is 11.6. The van der Waals surface area contributed by atoms with Crippen LogP contribution in [0.15, 0.2) is 42.5 Å². The molecule has 130 valence electrons. The molecule has 0 heterocycles. The van der Waals surface area contributed by atoms with Crippen molar-refractivity contribution >= 4 is 11.6 Å². The van der Waals surface area contributed by atoms with Crippen LogP contribution in [0, 0.1) is 0 Å². The molecule has 0 aliphatic carbocycles. The molecule has 0 bridgehead atoms. The Balaban J connectivity index is 2.03. The molecule has 24 heavy (non-hydrogen) atoms. The number of quaternary nitrogens is 2. The molecule has 4 nitrogen and oxygen atoms in total. The van der Waals surface area contributed by atoms with Crippen LogP contribution >= 0.6 is 11.6 Å². The van der Waals surface area contributed by atoms with E-state index in [0.717, 1.165) is 47.3 Å². The molecule has 0 spiro atoms. The summed E-state index contributed by atoms with van der Waals surface area (Å²) in [6.45, 7) is 3.58. The first-order valence-corrected chi connectivity index (χ1v) is 8.61. The van der Waals surface area contributed by atoms with Crippen molar-refractivity contribution in [3.8, 4) is 11.5 Å². The molecule has 0 atom stereocenters. The van der Waals surface area contributed by atoms with E-state index in [1.54, 1.807) is 7.11 Å². The normalized spacial score (nSPS) is 10.9. The first kappa shape index (κ1) is 18.6. The minimum absolute atomic E-state index is 0.492. The molecule has 0 amide bonds. The van der Waals surface area contributed by atoms with E-state index in [2.05, 4.69) is 25.5 Å². The lowest BCUT2D eigenvalue weighted by Gasteiger charge is -2.15. The molecule has 3 N–H and O–H groups in total. The summed E-state index contributed by atoms with van der Waals surface area (Å²) < 4.78 is 11.5. The highest BCUT2D eigenvalue weighted by Crippen LogP contribution is 2.31. The second-order valence-electron chi connectivity index (χ2n) is 6.10. The van der Waals surface area contributed by atoms with E-state index in [4.69, 9.17) is 21.1 Å². The van der Waals surface area contributed by atoms with Crippen LogP contribution in [0.5, 0.6) is 11.5 Å². The van der Waals surface area contributed by atoms with Gasteiger partial charge in [0.1, 0.15) is 26.2 Å². The summed E-state index contributed by atoms with van der Waals surface area (Å²) in [4.78, 5) is 1.45. The fraction of sp³-hybridized carbons (Fsp3) is 0.368. The van der Waals surface area contributed by atoms with Crippen LogP contribution in [0.4, 0.5) is 0 Å². The number of likely N-dealkylation sites (N-methyl/N-ethyl adjacent to an activating group) is 1. The van der Waals surface area contributed by atoms with E-state index < -0.39 is 0 Å². The highest BCUT2D eigenvalue weighted by Gasteiger charge is 2.12. The highest BCUT2D eigenvalue weighted by atomic mass is 35.5. The quantitative estimate of drug-likeness (QED) is 0.666. The van der Waals surface area contributed by atoms with Gasteiger partial charge in [-0.3, -0.25) is 0 Å². The molecule has 0 aromatic heterocycles. The molecule has 0 fully saturated rings. The third-order valence-electron chi connectivity index (χ3n) is 3.79. The molecule has 2 aromatic carbocycles. The standard InChI is InChI=1S/C19H25ClN2O2/c1-22(2)12-11-21-13-16-5-4-6-18(23-3)19(16)24-14-15-7-9-17(20)10-8-15/h4-10,21H,11-14H2,1-3H3/p+2. The molecule has 2 aromatic rings. The molecule has 5 heteroatoms. The second-order valence-corrected chi connectivity index (χ2v) is 6.54. The Morgan fingerprint density at radius 1 is 1.08 bits per heavy atom. The lowest BCUT2D eigenvalue weighted by atomic mass is 10.1. The Kier molecular flexibility index (Phi) is 7.37. The van der Waals surface area contributed by atoms with Crippen molar-refractivity contribution in [2.75, 3.05) is 34.3 Å². The number of rotatable bonds is 9. The SMILES string of the molecule is COc1cccc(C[NH2+]CC[NH+](C)C)c1OCc1ccc(Cl)cc1. The Morgan fingerprint density at radius 2 is 1.83 bits per heavy atom. The maximum atomic E-state index is 6.07.